The molecular formula is C43H81NO13. The van der Waals surface area contributed by atoms with E-state index >= 15 is 0 Å². The van der Waals surface area contributed by atoms with Gasteiger partial charge in [0.15, 0.2) is 12.6 Å². The fourth-order valence-corrected chi connectivity index (χ4v) is 7.47. The highest BCUT2D eigenvalue weighted by Crippen LogP contribution is 2.30. The van der Waals surface area contributed by atoms with Crippen LogP contribution in [0.3, 0.4) is 0 Å². The Hall–Kier alpha value is -1.27. The number of hydrogen-bond acceptors (Lipinski definition) is 13. The van der Waals surface area contributed by atoms with Crippen LogP contribution in [0.15, 0.2) is 12.2 Å². The topological polar surface area (TPSA) is 228 Å². The van der Waals surface area contributed by atoms with Crippen LogP contribution in [0.5, 0.6) is 0 Å². The number of hydrogen-bond donors (Lipinski definition) is 9. The monoisotopic (exact) mass is 820 g/mol. The molecule has 12 unspecified atom stereocenters. The van der Waals surface area contributed by atoms with E-state index in [0.717, 1.165) is 38.5 Å². The van der Waals surface area contributed by atoms with Crippen LogP contribution in [0.2, 0.25) is 0 Å². The number of carbonyl (C=O) groups is 1. The molecule has 1 amide bonds. The van der Waals surface area contributed by atoms with Crippen molar-refractivity contribution in [3.8, 4) is 0 Å². The fraction of sp³-hybridized carbons (Fsp3) is 0.930. The van der Waals surface area contributed by atoms with Gasteiger partial charge in [0.25, 0.3) is 0 Å². The second-order valence-corrected chi connectivity index (χ2v) is 16.2. The maximum absolute atomic E-state index is 13.1. The van der Waals surface area contributed by atoms with Gasteiger partial charge >= 0.3 is 0 Å². The predicted molar refractivity (Wildman–Crippen MR) is 217 cm³/mol. The van der Waals surface area contributed by atoms with Crippen LogP contribution in [0.25, 0.3) is 0 Å². The van der Waals surface area contributed by atoms with Gasteiger partial charge in [-0.2, -0.15) is 0 Å². The van der Waals surface area contributed by atoms with Crippen molar-refractivity contribution in [2.75, 3.05) is 19.8 Å². The molecule has 2 aliphatic rings. The maximum atomic E-state index is 13.1. The minimum atomic E-state index is -1.78. The first-order chi connectivity index (χ1) is 27.6. The minimum Gasteiger partial charge on any atom is -0.394 e. The average molecular weight is 820 g/mol. The van der Waals surface area contributed by atoms with E-state index in [4.69, 9.17) is 18.9 Å². The van der Waals surface area contributed by atoms with E-state index in [1.165, 1.54) is 96.3 Å². The standard InChI is InChI=1S/C43H81NO13/c1-3-5-7-9-11-13-15-17-18-20-22-24-26-32(47)31(44-35(48)27-25-23-21-19-16-14-12-10-8-6-4-2)30-54-42-40(53)38(51)41(34(29-46)56-42)57-43-39(52)37(50)36(49)33(28-45)55-43/h24,26,31-34,36-43,45-47,49-53H,3-23,25,27-30H2,1-2H3,(H,44,48)/b26-24+. The molecule has 2 heterocycles. The maximum Gasteiger partial charge on any atom is 0.220 e. The summed E-state index contributed by atoms with van der Waals surface area (Å²) in [4.78, 5) is 13.1. The van der Waals surface area contributed by atoms with Crippen molar-refractivity contribution in [2.45, 2.75) is 235 Å². The number of rotatable bonds is 33. The number of nitrogens with one attached hydrogen (secondary N) is 1. The summed E-state index contributed by atoms with van der Waals surface area (Å²) in [6.45, 7) is 2.74. The third-order valence-corrected chi connectivity index (χ3v) is 11.2. The van der Waals surface area contributed by atoms with Crippen LogP contribution >= 0.6 is 0 Å². The van der Waals surface area contributed by atoms with Gasteiger partial charge in [-0.1, -0.05) is 148 Å². The van der Waals surface area contributed by atoms with Gasteiger partial charge in [0.1, 0.15) is 48.8 Å². The lowest BCUT2D eigenvalue weighted by Gasteiger charge is -2.46. The van der Waals surface area contributed by atoms with E-state index in [0.29, 0.717) is 6.42 Å². The Morgan fingerprint density at radius 1 is 0.614 bits per heavy atom. The molecule has 0 spiro atoms. The van der Waals surface area contributed by atoms with Crippen LogP contribution in [0.4, 0.5) is 0 Å². The van der Waals surface area contributed by atoms with Crippen LogP contribution in [-0.2, 0) is 23.7 Å². The molecule has 2 saturated heterocycles. The summed E-state index contributed by atoms with van der Waals surface area (Å²) in [5.41, 5.74) is 0. The Balaban J connectivity index is 1.92. The van der Waals surface area contributed by atoms with Crippen LogP contribution < -0.4 is 5.32 Å². The summed E-state index contributed by atoms with van der Waals surface area (Å²) in [6, 6.07) is -0.905. The third kappa shape index (κ3) is 20.2. The Kier molecular flexibility index (Phi) is 28.7. The van der Waals surface area contributed by atoms with E-state index in [-0.39, 0.29) is 18.9 Å². The second kappa shape index (κ2) is 31.6. The molecular weight excluding hydrogens is 738 g/mol. The van der Waals surface area contributed by atoms with Gasteiger partial charge in [-0.05, 0) is 19.3 Å². The SMILES string of the molecule is CCCCCCCCCCCC/C=C/C(O)C(COC1OC(CO)C(OC2OC(CO)C(O)C(O)C2O)C(O)C1O)NC(=O)CCCCCCCCCCCCC. The highest BCUT2D eigenvalue weighted by atomic mass is 16.7. The van der Waals surface area contributed by atoms with Gasteiger partial charge in [-0.25, -0.2) is 0 Å². The van der Waals surface area contributed by atoms with Crippen LogP contribution in [0.1, 0.15) is 162 Å². The number of ether oxygens (including phenoxy) is 4. The third-order valence-electron chi connectivity index (χ3n) is 11.2. The number of allylic oxidation sites excluding steroid dienone is 1. The Morgan fingerprint density at radius 2 is 1.09 bits per heavy atom. The van der Waals surface area contributed by atoms with Gasteiger partial charge in [0, 0.05) is 6.42 Å². The molecule has 0 radical (unpaired) electrons. The fourth-order valence-electron chi connectivity index (χ4n) is 7.47. The van der Waals surface area contributed by atoms with Crippen molar-refractivity contribution >= 4 is 5.91 Å². The molecule has 0 aliphatic carbocycles. The van der Waals surface area contributed by atoms with E-state index in [2.05, 4.69) is 19.2 Å². The zero-order chi connectivity index (χ0) is 41.8. The quantitative estimate of drug-likeness (QED) is 0.0337. The first-order valence-electron chi connectivity index (χ1n) is 22.4. The Bertz CT molecular complexity index is 1020. The zero-order valence-electron chi connectivity index (χ0n) is 35.1. The normalized spacial score (nSPS) is 29.2. The van der Waals surface area contributed by atoms with Gasteiger partial charge in [-0.3, -0.25) is 4.79 Å². The summed E-state index contributed by atoms with van der Waals surface area (Å²) < 4.78 is 22.6. The van der Waals surface area contributed by atoms with Crippen molar-refractivity contribution in [1.82, 2.24) is 5.32 Å². The molecule has 2 rings (SSSR count). The van der Waals surface area contributed by atoms with Gasteiger partial charge in [0.2, 0.25) is 5.91 Å². The molecule has 0 aromatic rings. The minimum absolute atomic E-state index is 0.243. The molecule has 57 heavy (non-hydrogen) atoms. The molecule has 14 heteroatoms. The van der Waals surface area contributed by atoms with Gasteiger partial charge in [-0.15, -0.1) is 0 Å². The summed E-state index contributed by atoms with van der Waals surface area (Å²) >= 11 is 0. The van der Waals surface area contributed by atoms with E-state index in [1.54, 1.807) is 6.08 Å². The average Bonchev–Trinajstić information content (AvgIpc) is 3.21. The highest BCUT2D eigenvalue weighted by molar-refractivity contribution is 5.76. The summed E-state index contributed by atoms with van der Waals surface area (Å²) in [7, 11) is 0. The second-order valence-electron chi connectivity index (χ2n) is 16.2. The molecule has 0 bridgehead atoms. The molecule has 12 atom stereocenters. The van der Waals surface area contributed by atoms with Gasteiger partial charge < -0.3 is 65.1 Å². The van der Waals surface area contributed by atoms with Gasteiger partial charge in [0.05, 0.1) is 32.0 Å². The molecule has 9 N–H and O–H groups in total. The predicted octanol–water partition coefficient (Wildman–Crippen LogP) is 4.04. The number of aliphatic hydroxyl groups excluding tert-OH is 8. The van der Waals surface area contributed by atoms with Crippen molar-refractivity contribution in [3.05, 3.63) is 12.2 Å². The molecule has 336 valence electrons. The van der Waals surface area contributed by atoms with Crippen molar-refractivity contribution in [2.24, 2.45) is 0 Å². The number of carbonyl (C=O) groups excluding carboxylic acids is 1. The highest BCUT2D eigenvalue weighted by Gasteiger charge is 2.50. The molecule has 0 aromatic heterocycles. The lowest BCUT2D eigenvalue weighted by Crippen LogP contribution is -2.65. The number of unbranched alkanes of at least 4 members (excludes halogenated alkanes) is 20. The summed E-state index contributed by atoms with van der Waals surface area (Å²) in [6.07, 6.45) is 12.6. The summed E-state index contributed by atoms with van der Waals surface area (Å²) in [5, 5.41) is 86.3. The smallest absolute Gasteiger partial charge is 0.220 e. The molecule has 2 fully saturated rings. The first-order valence-corrected chi connectivity index (χ1v) is 22.4. The van der Waals surface area contributed by atoms with Crippen molar-refractivity contribution in [1.29, 1.82) is 0 Å². The van der Waals surface area contributed by atoms with Crippen molar-refractivity contribution in [3.63, 3.8) is 0 Å². The number of aliphatic hydroxyl groups is 8. The first kappa shape index (κ1) is 51.9. The van der Waals surface area contributed by atoms with Crippen LogP contribution in [0, 0.1) is 0 Å². The molecule has 2 aliphatic heterocycles. The zero-order valence-corrected chi connectivity index (χ0v) is 35.1. The molecule has 0 aromatic carbocycles. The Morgan fingerprint density at radius 3 is 1.61 bits per heavy atom. The van der Waals surface area contributed by atoms with E-state index in [1.807, 2.05) is 6.08 Å². The molecule has 0 saturated carbocycles. The van der Waals surface area contributed by atoms with E-state index < -0.39 is 86.8 Å². The lowest BCUT2D eigenvalue weighted by molar-refractivity contribution is -0.359. The number of amides is 1. The van der Waals surface area contributed by atoms with Crippen LogP contribution in [-0.4, -0.2) is 140 Å². The van der Waals surface area contributed by atoms with E-state index in [9.17, 15) is 45.6 Å². The largest absolute Gasteiger partial charge is 0.394 e. The lowest BCUT2D eigenvalue weighted by atomic mass is 9.97. The summed E-state index contributed by atoms with van der Waals surface area (Å²) in [5.74, 6) is -0.243. The molecule has 14 nitrogen and oxygen atoms in total. The Labute approximate surface area is 342 Å². The van der Waals surface area contributed by atoms with Crippen molar-refractivity contribution < 1.29 is 64.6 Å².